The Balaban J connectivity index is 0.00000256. The molecule has 4 rings (SSSR count). The van der Waals surface area contributed by atoms with E-state index in [1.807, 2.05) is 4.90 Å². The van der Waals surface area contributed by atoms with Crippen molar-refractivity contribution in [2.75, 3.05) is 40.0 Å². The summed E-state index contributed by atoms with van der Waals surface area (Å²) in [6.45, 7) is 2.75. The molecule has 1 saturated heterocycles. The predicted octanol–water partition coefficient (Wildman–Crippen LogP) is 4.25. The number of rotatable bonds is 4. The largest absolute Gasteiger partial charge is 0.491 e. The maximum Gasteiger partial charge on any atom is 0.435 e. The van der Waals surface area contributed by atoms with Gasteiger partial charge in [-0.2, -0.15) is 13.2 Å². The van der Waals surface area contributed by atoms with E-state index >= 15 is 4.39 Å². The summed E-state index contributed by atoms with van der Waals surface area (Å²) in [5.74, 6) is -2.64. The fourth-order valence-corrected chi connectivity index (χ4v) is 3.80. The van der Waals surface area contributed by atoms with Gasteiger partial charge in [-0.15, -0.1) is 12.4 Å². The SMILES string of the molecule is COc1c(F)cc2c3ccnc(C(F)(F)F)c3n(CCN3CCOCC3)c2c1F.Cl. The number of halogens is 6. The lowest BCUT2D eigenvalue weighted by molar-refractivity contribution is -0.140. The number of fused-ring (bicyclic) bond motifs is 3. The van der Waals surface area contributed by atoms with Gasteiger partial charge in [0, 0.05) is 43.1 Å². The molecule has 1 aliphatic heterocycles. The normalized spacial score (nSPS) is 15.5. The number of alkyl halides is 3. The molecular formula is C19H19ClF5N3O2. The lowest BCUT2D eigenvalue weighted by Gasteiger charge is -2.27. The second-order valence-corrected chi connectivity index (χ2v) is 6.76. The number of nitrogens with zero attached hydrogens (tertiary/aromatic N) is 3. The van der Waals surface area contributed by atoms with E-state index in [0.717, 1.165) is 19.4 Å². The van der Waals surface area contributed by atoms with Crippen LogP contribution in [0.1, 0.15) is 5.69 Å². The Kier molecular flexibility index (Phi) is 6.40. The zero-order chi connectivity index (χ0) is 20.8. The van der Waals surface area contributed by atoms with Crippen LogP contribution in [0.5, 0.6) is 5.75 Å². The van der Waals surface area contributed by atoms with E-state index in [1.54, 1.807) is 0 Å². The summed E-state index contributed by atoms with van der Waals surface area (Å²) < 4.78 is 81.7. The molecule has 1 fully saturated rings. The van der Waals surface area contributed by atoms with Crippen molar-refractivity contribution in [3.8, 4) is 5.75 Å². The van der Waals surface area contributed by atoms with E-state index in [1.165, 1.54) is 10.6 Å². The zero-order valence-electron chi connectivity index (χ0n) is 15.9. The summed E-state index contributed by atoms with van der Waals surface area (Å²) in [4.78, 5) is 5.51. The molecule has 2 aromatic heterocycles. The van der Waals surface area contributed by atoms with Crippen LogP contribution in [0.4, 0.5) is 22.0 Å². The smallest absolute Gasteiger partial charge is 0.435 e. The highest BCUT2D eigenvalue weighted by Crippen LogP contribution is 2.40. The van der Waals surface area contributed by atoms with E-state index in [-0.39, 0.29) is 40.8 Å². The summed E-state index contributed by atoms with van der Waals surface area (Å²) in [5.41, 5.74) is -1.54. The Hall–Kier alpha value is -2.17. The fraction of sp³-hybridized carbons (Fsp3) is 0.421. The van der Waals surface area contributed by atoms with Crippen molar-refractivity contribution in [3.05, 3.63) is 35.7 Å². The van der Waals surface area contributed by atoms with E-state index in [9.17, 15) is 17.6 Å². The topological polar surface area (TPSA) is 39.5 Å². The van der Waals surface area contributed by atoms with Gasteiger partial charge < -0.3 is 14.0 Å². The Bertz CT molecular complexity index is 1060. The van der Waals surface area contributed by atoms with Gasteiger partial charge in [0.05, 0.1) is 31.4 Å². The molecule has 1 aliphatic rings. The number of hydrogen-bond donors (Lipinski definition) is 0. The molecule has 0 N–H and O–H groups in total. The van der Waals surface area contributed by atoms with E-state index in [0.29, 0.717) is 32.8 Å². The first-order chi connectivity index (χ1) is 13.8. The summed E-state index contributed by atoms with van der Waals surface area (Å²) in [5, 5.41) is 0.135. The van der Waals surface area contributed by atoms with Crippen molar-refractivity contribution in [1.29, 1.82) is 0 Å². The number of hydrogen-bond acceptors (Lipinski definition) is 4. The van der Waals surface area contributed by atoms with Gasteiger partial charge in [0.15, 0.2) is 23.1 Å². The molecule has 5 nitrogen and oxygen atoms in total. The van der Waals surface area contributed by atoms with Crippen molar-refractivity contribution in [2.45, 2.75) is 12.7 Å². The Morgan fingerprint density at radius 2 is 1.80 bits per heavy atom. The van der Waals surface area contributed by atoms with Crippen molar-refractivity contribution in [3.63, 3.8) is 0 Å². The molecule has 3 aromatic rings. The van der Waals surface area contributed by atoms with Gasteiger partial charge in [0.2, 0.25) is 0 Å². The summed E-state index contributed by atoms with van der Waals surface area (Å²) >= 11 is 0. The third-order valence-electron chi connectivity index (χ3n) is 5.12. The Morgan fingerprint density at radius 3 is 2.43 bits per heavy atom. The molecule has 164 valence electrons. The second kappa shape index (κ2) is 8.52. The maximum atomic E-state index is 15.1. The molecule has 30 heavy (non-hydrogen) atoms. The van der Waals surface area contributed by atoms with Crippen LogP contribution in [-0.2, 0) is 17.5 Å². The zero-order valence-corrected chi connectivity index (χ0v) is 16.7. The van der Waals surface area contributed by atoms with Gasteiger partial charge in [0.25, 0.3) is 0 Å². The highest BCUT2D eigenvalue weighted by molar-refractivity contribution is 6.09. The predicted molar refractivity (Wildman–Crippen MR) is 103 cm³/mol. The number of morpholine rings is 1. The average Bonchev–Trinajstić information content (AvgIpc) is 3.00. The Labute approximate surface area is 174 Å². The minimum atomic E-state index is -4.75. The average molecular weight is 452 g/mol. The molecule has 0 unspecified atom stereocenters. The van der Waals surface area contributed by atoms with Crippen molar-refractivity contribution in [1.82, 2.24) is 14.5 Å². The number of methoxy groups -OCH3 is 1. The first-order valence-corrected chi connectivity index (χ1v) is 9.03. The molecule has 0 atom stereocenters. The highest BCUT2D eigenvalue weighted by Gasteiger charge is 2.37. The van der Waals surface area contributed by atoms with Crippen LogP contribution >= 0.6 is 12.4 Å². The van der Waals surface area contributed by atoms with Crippen molar-refractivity contribution >= 4 is 34.2 Å². The van der Waals surface area contributed by atoms with Crippen LogP contribution < -0.4 is 4.74 Å². The van der Waals surface area contributed by atoms with Gasteiger partial charge in [0.1, 0.15) is 0 Å². The van der Waals surface area contributed by atoms with E-state index < -0.39 is 29.3 Å². The standard InChI is InChI=1S/C19H18F5N3O2.ClH/c1-28-17-13(20)10-12-11-2-3-25-18(19(22,23)24)16(11)27(15(12)14(17)21)5-4-26-6-8-29-9-7-26;/h2-3,10H,4-9H2,1H3;1H. The molecule has 3 heterocycles. The third kappa shape index (κ3) is 3.79. The van der Waals surface area contributed by atoms with Gasteiger partial charge in [-0.1, -0.05) is 0 Å². The molecule has 0 aliphatic carbocycles. The third-order valence-corrected chi connectivity index (χ3v) is 5.12. The van der Waals surface area contributed by atoms with Crippen molar-refractivity contribution in [2.24, 2.45) is 0 Å². The molecule has 1 aromatic carbocycles. The van der Waals surface area contributed by atoms with Gasteiger partial charge in [-0.05, 0) is 12.1 Å². The summed E-state index contributed by atoms with van der Waals surface area (Å²) in [6.07, 6.45) is -3.75. The first-order valence-electron chi connectivity index (χ1n) is 9.03. The molecular weight excluding hydrogens is 433 g/mol. The van der Waals surface area contributed by atoms with Crippen molar-refractivity contribution < 1.29 is 31.4 Å². The fourth-order valence-electron chi connectivity index (χ4n) is 3.80. The molecule has 0 saturated carbocycles. The quantitative estimate of drug-likeness (QED) is 0.556. The number of pyridine rings is 1. The molecule has 0 amide bonds. The molecule has 0 radical (unpaired) electrons. The lowest BCUT2D eigenvalue weighted by Crippen LogP contribution is -2.38. The van der Waals surface area contributed by atoms with Crippen LogP contribution in [0.2, 0.25) is 0 Å². The van der Waals surface area contributed by atoms with Crippen LogP contribution in [-0.4, -0.2) is 54.4 Å². The lowest BCUT2D eigenvalue weighted by atomic mass is 10.1. The van der Waals surface area contributed by atoms with Gasteiger partial charge >= 0.3 is 6.18 Å². The van der Waals surface area contributed by atoms with E-state index in [2.05, 4.69) is 4.98 Å². The second-order valence-electron chi connectivity index (χ2n) is 6.76. The number of ether oxygens (including phenoxy) is 2. The van der Waals surface area contributed by atoms with Crippen LogP contribution in [0.25, 0.3) is 21.8 Å². The maximum absolute atomic E-state index is 15.1. The Morgan fingerprint density at radius 1 is 1.10 bits per heavy atom. The van der Waals surface area contributed by atoms with Gasteiger partial charge in [-0.3, -0.25) is 4.90 Å². The number of benzene rings is 1. The molecule has 11 heteroatoms. The van der Waals surface area contributed by atoms with Gasteiger partial charge in [-0.25, -0.2) is 13.8 Å². The summed E-state index contributed by atoms with van der Waals surface area (Å²) in [6, 6.07) is 2.34. The minimum Gasteiger partial charge on any atom is -0.491 e. The number of aromatic nitrogens is 2. The highest BCUT2D eigenvalue weighted by atomic mass is 35.5. The molecule has 0 spiro atoms. The monoisotopic (exact) mass is 451 g/mol. The van der Waals surface area contributed by atoms with Crippen LogP contribution in [0, 0.1) is 11.6 Å². The summed E-state index contributed by atoms with van der Waals surface area (Å²) in [7, 11) is 1.11. The minimum absolute atomic E-state index is 0. The first kappa shape index (κ1) is 22.5. The van der Waals surface area contributed by atoms with E-state index in [4.69, 9.17) is 9.47 Å². The van der Waals surface area contributed by atoms with Crippen LogP contribution in [0.15, 0.2) is 18.3 Å². The van der Waals surface area contributed by atoms with Crippen LogP contribution in [0.3, 0.4) is 0 Å². The molecule has 0 bridgehead atoms.